The molecule has 0 spiro atoms. The lowest BCUT2D eigenvalue weighted by molar-refractivity contribution is 0.0598. The molecular weight excluding hydrogens is 188 g/mol. The van der Waals surface area contributed by atoms with Crippen molar-refractivity contribution in [2.75, 3.05) is 7.11 Å². The van der Waals surface area contributed by atoms with Gasteiger partial charge >= 0.3 is 5.97 Å². The van der Waals surface area contributed by atoms with Gasteiger partial charge in [-0.3, -0.25) is 4.79 Å². The minimum atomic E-state index is -0.441. The highest BCUT2D eigenvalue weighted by Gasteiger charge is 2.19. The van der Waals surface area contributed by atoms with Crippen molar-refractivity contribution in [2.45, 2.75) is 13.8 Å². The summed E-state index contributed by atoms with van der Waals surface area (Å²) < 4.78 is 4.58. The maximum Gasteiger partial charge on any atom is 0.339 e. The number of aryl methyl sites for hydroxylation is 2. The van der Waals surface area contributed by atoms with Gasteiger partial charge in [-0.25, -0.2) is 4.79 Å². The molecule has 0 atom stereocenters. The monoisotopic (exact) mass is 198 g/mol. The van der Waals surface area contributed by atoms with Crippen LogP contribution in [0.5, 0.6) is 0 Å². The van der Waals surface area contributed by atoms with Crippen LogP contribution in [0, 0.1) is 13.8 Å². The fraction of sp³-hybridized carbons (Fsp3) is 0.333. The van der Waals surface area contributed by atoms with E-state index in [1.807, 2.05) is 6.92 Å². The van der Waals surface area contributed by atoms with Crippen molar-refractivity contribution in [1.82, 2.24) is 0 Å². The number of hydrogen-bond donors (Lipinski definition) is 0. The van der Waals surface area contributed by atoms with E-state index in [1.165, 1.54) is 18.4 Å². The van der Waals surface area contributed by atoms with E-state index in [-0.39, 0.29) is 0 Å². The molecule has 70 valence electrons. The predicted octanol–water partition coefficient (Wildman–Crippen LogP) is 1.96. The summed E-state index contributed by atoms with van der Waals surface area (Å²) in [4.78, 5) is 23.6. The molecule has 1 rings (SSSR count). The van der Waals surface area contributed by atoms with Crippen LogP contribution in [0.3, 0.4) is 0 Å². The lowest BCUT2D eigenvalue weighted by Crippen LogP contribution is -2.04. The van der Waals surface area contributed by atoms with Crippen LogP contribution in [0.25, 0.3) is 0 Å². The van der Waals surface area contributed by atoms with Gasteiger partial charge in [0.1, 0.15) is 0 Å². The molecule has 0 N–H and O–H groups in total. The van der Waals surface area contributed by atoms with Crippen molar-refractivity contribution < 1.29 is 14.3 Å². The van der Waals surface area contributed by atoms with Crippen LogP contribution in [-0.4, -0.2) is 19.4 Å². The Morgan fingerprint density at radius 3 is 2.46 bits per heavy atom. The highest BCUT2D eigenvalue weighted by molar-refractivity contribution is 7.12. The van der Waals surface area contributed by atoms with Crippen LogP contribution >= 0.6 is 11.3 Å². The third-order valence-corrected chi connectivity index (χ3v) is 2.85. The first-order chi connectivity index (χ1) is 6.11. The largest absolute Gasteiger partial charge is 0.465 e. The van der Waals surface area contributed by atoms with Gasteiger partial charge in [0, 0.05) is 15.3 Å². The van der Waals surface area contributed by atoms with Crippen molar-refractivity contribution in [3.63, 3.8) is 0 Å². The zero-order valence-corrected chi connectivity index (χ0v) is 8.53. The summed E-state index contributed by atoms with van der Waals surface area (Å²) in [6.45, 7) is 3.62. The molecule has 0 radical (unpaired) electrons. The molecule has 0 bridgehead atoms. The van der Waals surface area contributed by atoms with Crippen LogP contribution in [0.15, 0.2) is 0 Å². The first-order valence-corrected chi connectivity index (χ1v) is 4.57. The van der Waals surface area contributed by atoms with Gasteiger partial charge in [-0.2, -0.15) is 0 Å². The Morgan fingerprint density at radius 1 is 1.38 bits per heavy atom. The van der Waals surface area contributed by atoms with E-state index in [2.05, 4.69) is 4.74 Å². The van der Waals surface area contributed by atoms with Crippen molar-refractivity contribution in [1.29, 1.82) is 0 Å². The van der Waals surface area contributed by atoms with Crippen LogP contribution in [-0.2, 0) is 4.74 Å². The van der Waals surface area contributed by atoms with Crippen LogP contribution in [0.2, 0.25) is 0 Å². The summed E-state index contributed by atoms with van der Waals surface area (Å²) in [6.07, 6.45) is 0.699. The predicted molar refractivity (Wildman–Crippen MR) is 50.5 cm³/mol. The maximum atomic E-state index is 11.3. The first-order valence-electron chi connectivity index (χ1n) is 3.75. The summed E-state index contributed by atoms with van der Waals surface area (Å²) >= 11 is 1.43. The Hall–Kier alpha value is -1.16. The van der Waals surface area contributed by atoms with E-state index in [0.29, 0.717) is 17.4 Å². The molecule has 1 heterocycles. The second-order valence-electron chi connectivity index (χ2n) is 2.61. The molecule has 0 fully saturated rings. The SMILES string of the molecule is COC(=O)c1c(C)sc(C)c1C=O. The smallest absolute Gasteiger partial charge is 0.339 e. The number of rotatable bonds is 2. The van der Waals surface area contributed by atoms with Crippen LogP contribution < -0.4 is 0 Å². The Bertz CT molecular complexity index is 352. The molecule has 0 saturated carbocycles. The summed E-state index contributed by atoms with van der Waals surface area (Å²) in [5, 5.41) is 0. The van der Waals surface area contributed by atoms with E-state index in [4.69, 9.17) is 0 Å². The van der Waals surface area contributed by atoms with Crippen molar-refractivity contribution in [2.24, 2.45) is 0 Å². The number of carbonyl (C=O) groups is 2. The highest BCUT2D eigenvalue weighted by atomic mass is 32.1. The van der Waals surface area contributed by atoms with Gasteiger partial charge in [0.25, 0.3) is 0 Å². The maximum absolute atomic E-state index is 11.3. The highest BCUT2D eigenvalue weighted by Crippen LogP contribution is 2.26. The molecule has 0 saturated heterocycles. The number of esters is 1. The molecule has 3 nitrogen and oxygen atoms in total. The molecule has 0 aliphatic heterocycles. The Morgan fingerprint density at radius 2 is 2.00 bits per heavy atom. The summed E-state index contributed by atoms with van der Waals surface area (Å²) in [5.74, 6) is -0.441. The number of aldehydes is 1. The van der Waals surface area contributed by atoms with E-state index in [1.54, 1.807) is 6.92 Å². The van der Waals surface area contributed by atoms with Crippen molar-refractivity contribution in [3.8, 4) is 0 Å². The molecular formula is C9H10O3S. The van der Waals surface area contributed by atoms with Gasteiger partial charge in [0.05, 0.1) is 12.7 Å². The third-order valence-electron chi connectivity index (χ3n) is 1.81. The van der Waals surface area contributed by atoms with Crippen molar-refractivity contribution >= 4 is 23.6 Å². The molecule has 13 heavy (non-hydrogen) atoms. The zero-order chi connectivity index (χ0) is 10.0. The number of ether oxygens (including phenoxy) is 1. The Balaban J connectivity index is 3.32. The van der Waals surface area contributed by atoms with Gasteiger partial charge in [-0.1, -0.05) is 0 Å². The number of thiophene rings is 1. The van der Waals surface area contributed by atoms with E-state index >= 15 is 0 Å². The normalized spacial score (nSPS) is 9.77. The molecule has 0 unspecified atom stereocenters. The topological polar surface area (TPSA) is 43.4 Å². The summed E-state index contributed by atoms with van der Waals surface area (Å²) in [5.41, 5.74) is 0.856. The van der Waals surface area contributed by atoms with Gasteiger partial charge < -0.3 is 4.74 Å². The number of hydrogen-bond acceptors (Lipinski definition) is 4. The second kappa shape index (κ2) is 3.70. The van der Waals surface area contributed by atoms with Crippen molar-refractivity contribution in [3.05, 3.63) is 20.9 Å². The van der Waals surface area contributed by atoms with Crippen LogP contribution in [0.1, 0.15) is 30.5 Å². The van der Waals surface area contributed by atoms with Gasteiger partial charge in [0.2, 0.25) is 0 Å². The minimum Gasteiger partial charge on any atom is -0.465 e. The fourth-order valence-electron chi connectivity index (χ4n) is 1.20. The van der Waals surface area contributed by atoms with E-state index < -0.39 is 5.97 Å². The average Bonchev–Trinajstić information content (AvgIpc) is 2.39. The molecule has 1 aromatic heterocycles. The quantitative estimate of drug-likeness (QED) is 0.539. The lowest BCUT2D eigenvalue weighted by atomic mass is 10.1. The Labute approximate surface area is 80.3 Å². The molecule has 4 heteroatoms. The molecule has 0 aromatic carbocycles. The average molecular weight is 198 g/mol. The fourth-order valence-corrected chi connectivity index (χ4v) is 2.21. The summed E-state index contributed by atoms with van der Waals surface area (Å²) in [7, 11) is 1.31. The third kappa shape index (κ3) is 1.62. The first kappa shape index (κ1) is 9.92. The molecule has 0 aliphatic carbocycles. The zero-order valence-electron chi connectivity index (χ0n) is 7.71. The number of methoxy groups -OCH3 is 1. The minimum absolute atomic E-state index is 0.403. The standard InChI is InChI=1S/C9H10O3S/c1-5-7(4-10)8(6(2)13-5)9(11)12-3/h4H,1-3H3. The Kier molecular flexibility index (Phi) is 2.83. The lowest BCUT2D eigenvalue weighted by Gasteiger charge is -1.98. The van der Waals surface area contributed by atoms with Gasteiger partial charge in [-0.05, 0) is 13.8 Å². The van der Waals surface area contributed by atoms with E-state index in [0.717, 1.165) is 9.75 Å². The van der Waals surface area contributed by atoms with E-state index in [9.17, 15) is 9.59 Å². The molecule has 0 amide bonds. The second-order valence-corrected chi connectivity index (χ2v) is 4.04. The van der Waals surface area contributed by atoms with Crippen LogP contribution in [0.4, 0.5) is 0 Å². The molecule has 0 aliphatic rings. The summed E-state index contributed by atoms with van der Waals surface area (Å²) in [6, 6.07) is 0. The van der Waals surface area contributed by atoms with Gasteiger partial charge in [-0.15, -0.1) is 11.3 Å². The molecule has 1 aromatic rings. The van der Waals surface area contributed by atoms with Gasteiger partial charge in [0.15, 0.2) is 6.29 Å². The number of carbonyl (C=O) groups excluding carboxylic acids is 2.